The number of nitrogens with zero attached hydrogens (tertiary/aromatic N) is 2. The zero-order valence-corrected chi connectivity index (χ0v) is 10.4. The van der Waals surface area contributed by atoms with E-state index in [1.807, 2.05) is 25.6 Å². The summed E-state index contributed by atoms with van der Waals surface area (Å²) in [5.74, 6) is -0.278. The third kappa shape index (κ3) is 2.82. The van der Waals surface area contributed by atoms with E-state index in [1.165, 1.54) is 5.56 Å². The molecule has 0 aliphatic heterocycles. The molecule has 0 bridgehead atoms. The highest BCUT2D eigenvalue weighted by atomic mass is 16.1. The molecule has 1 aromatic rings. The summed E-state index contributed by atoms with van der Waals surface area (Å²) in [6.45, 7) is 6.71. The van der Waals surface area contributed by atoms with Gasteiger partial charge in [-0.05, 0) is 20.8 Å². The van der Waals surface area contributed by atoms with Gasteiger partial charge in [0.2, 0.25) is 5.91 Å². The molecule has 90 valence electrons. The Morgan fingerprint density at radius 1 is 1.56 bits per heavy atom. The molecular formula is C11H20N4O. The molecule has 0 radical (unpaired) electrons. The van der Waals surface area contributed by atoms with Gasteiger partial charge in [0.05, 0.1) is 5.69 Å². The van der Waals surface area contributed by atoms with Crippen molar-refractivity contribution in [3.63, 3.8) is 0 Å². The third-order valence-electron chi connectivity index (χ3n) is 2.82. The van der Waals surface area contributed by atoms with E-state index in [-0.39, 0.29) is 11.9 Å². The van der Waals surface area contributed by atoms with E-state index in [2.05, 4.69) is 17.3 Å². The lowest BCUT2D eigenvalue weighted by atomic mass is 10.1. The maximum atomic E-state index is 10.6. The second kappa shape index (κ2) is 5.12. The van der Waals surface area contributed by atoms with Crippen molar-refractivity contribution in [1.29, 1.82) is 0 Å². The van der Waals surface area contributed by atoms with E-state index >= 15 is 0 Å². The number of hydrogen-bond acceptors (Lipinski definition) is 3. The standard InChI is InChI=1S/C11H20N4O/c1-7(13-6-5-10(12)16)11-8(2)14-15(4)9(11)3/h7,13H,5-6H2,1-4H3,(H2,12,16). The van der Waals surface area contributed by atoms with Crippen LogP contribution in [0.1, 0.15) is 36.3 Å². The van der Waals surface area contributed by atoms with Gasteiger partial charge in [-0.25, -0.2) is 0 Å². The molecule has 1 amide bonds. The molecule has 1 rings (SSSR count). The van der Waals surface area contributed by atoms with Crippen molar-refractivity contribution in [2.75, 3.05) is 6.54 Å². The van der Waals surface area contributed by atoms with Crippen LogP contribution in [0.15, 0.2) is 0 Å². The smallest absolute Gasteiger partial charge is 0.218 e. The summed E-state index contributed by atoms with van der Waals surface area (Å²) in [5, 5.41) is 7.63. The summed E-state index contributed by atoms with van der Waals surface area (Å²) in [6, 6.07) is 0.188. The molecule has 0 aromatic carbocycles. The Labute approximate surface area is 96.0 Å². The number of nitrogens with two attached hydrogens (primary N) is 1. The number of nitrogens with one attached hydrogen (secondary N) is 1. The lowest BCUT2D eigenvalue weighted by molar-refractivity contribution is -0.117. The average molecular weight is 224 g/mol. The lowest BCUT2D eigenvalue weighted by Gasteiger charge is -2.14. The van der Waals surface area contributed by atoms with Crippen molar-refractivity contribution in [1.82, 2.24) is 15.1 Å². The Morgan fingerprint density at radius 3 is 2.62 bits per heavy atom. The number of carbonyl (C=O) groups excluding carboxylic acids is 1. The minimum Gasteiger partial charge on any atom is -0.370 e. The van der Waals surface area contributed by atoms with E-state index in [1.54, 1.807) is 0 Å². The van der Waals surface area contributed by atoms with Crippen LogP contribution < -0.4 is 11.1 Å². The van der Waals surface area contributed by atoms with Gasteiger partial charge in [-0.15, -0.1) is 0 Å². The van der Waals surface area contributed by atoms with Crippen LogP contribution in [0, 0.1) is 13.8 Å². The second-order valence-corrected chi connectivity index (χ2v) is 4.10. The van der Waals surface area contributed by atoms with E-state index in [4.69, 9.17) is 5.73 Å². The molecule has 1 unspecified atom stereocenters. The Hall–Kier alpha value is -1.36. The summed E-state index contributed by atoms with van der Waals surface area (Å²) in [6.07, 6.45) is 0.364. The first-order valence-corrected chi connectivity index (χ1v) is 5.45. The van der Waals surface area contributed by atoms with Crippen molar-refractivity contribution in [3.05, 3.63) is 17.0 Å². The van der Waals surface area contributed by atoms with Gasteiger partial charge in [-0.1, -0.05) is 0 Å². The Bertz CT molecular complexity index is 384. The molecule has 0 fully saturated rings. The molecule has 3 N–H and O–H groups in total. The molecule has 0 saturated heterocycles. The van der Waals surface area contributed by atoms with Crippen LogP contribution in [-0.2, 0) is 11.8 Å². The van der Waals surface area contributed by atoms with Crippen LogP contribution in [0.25, 0.3) is 0 Å². The molecule has 1 heterocycles. The number of amides is 1. The van der Waals surface area contributed by atoms with Crippen LogP contribution in [0.3, 0.4) is 0 Å². The van der Waals surface area contributed by atoms with E-state index < -0.39 is 0 Å². The summed E-state index contributed by atoms with van der Waals surface area (Å²) in [7, 11) is 1.93. The van der Waals surface area contributed by atoms with E-state index in [0.29, 0.717) is 13.0 Å². The fourth-order valence-corrected chi connectivity index (χ4v) is 1.93. The third-order valence-corrected chi connectivity index (χ3v) is 2.82. The molecule has 0 saturated carbocycles. The molecule has 1 atom stereocenters. The minimum atomic E-state index is -0.278. The number of hydrogen-bond donors (Lipinski definition) is 2. The van der Waals surface area contributed by atoms with Gasteiger partial charge in [0.15, 0.2) is 0 Å². The molecule has 16 heavy (non-hydrogen) atoms. The summed E-state index contributed by atoms with van der Waals surface area (Å²) in [4.78, 5) is 10.6. The predicted octanol–water partition coefficient (Wildman–Crippen LogP) is 0.563. The van der Waals surface area contributed by atoms with Crippen LogP contribution in [0.2, 0.25) is 0 Å². The van der Waals surface area contributed by atoms with Crippen LogP contribution in [0.4, 0.5) is 0 Å². The van der Waals surface area contributed by atoms with Gasteiger partial charge in [-0.3, -0.25) is 9.48 Å². The van der Waals surface area contributed by atoms with Gasteiger partial charge in [0.1, 0.15) is 0 Å². The fourth-order valence-electron chi connectivity index (χ4n) is 1.93. The Balaban J connectivity index is 2.65. The van der Waals surface area contributed by atoms with Crippen molar-refractivity contribution in [3.8, 4) is 0 Å². The number of aromatic nitrogens is 2. The van der Waals surface area contributed by atoms with Crippen molar-refractivity contribution >= 4 is 5.91 Å². The first-order chi connectivity index (χ1) is 7.43. The zero-order chi connectivity index (χ0) is 12.3. The topological polar surface area (TPSA) is 72.9 Å². The normalized spacial score (nSPS) is 12.8. The number of carbonyl (C=O) groups is 1. The SMILES string of the molecule is Cc1nn(C)c(C)c1C(C)NCCC(N)=O. The maximum absolute atomic E-state index is 10.6. The van der Waals surface area contributed by atoms with Gasteiger partial charge >= 0.3 is 0 Å². The first-order valence-electron chi connectivity index (χ1n) is 5.45. The Morgan fingerprint density at radius 2 is 2.19 bits per heavy atom. The predicted molar refractivity (Wildman–Crippen MR) is 62.9 cm³/mol. The molecular weight excluding hydrogens is 204 g/mol. The van der Waals surface area contributed by atoms with Gasteiger partial charge in [-0.2, -0.15) is 5.10 Å². The van der Waals surface area contributed by atoms with Crippen molar-refractivity contribution in [2.45, 2.75) is 33.2 Å². The number of primary amides is 1. The molecule has 0 aliphatic carbocycles. The van der Waals surface area contributed by atoms with E-state index in [9.17, 15) is 4.79 Å². The lowest BCUT2D eigenvalue weighted by Crippen LogP contribution is -2.25. The van der Waals surface area contributed by atoms with E-state index in [0.717, 1.165) is 11.4 Å². The molecule has 1 aromatic heterocycles. The highest BCUT2D eigenvalue weighted by molar-refractivity contribution is 5.73. The minimum absolute atomic E-state index is 0.188. The average Bonchev–Trinajstić information content (AvgIpc) is 2.40. The zero-order valence-electron chi connectivity index (χ0n) is 10.4. The summed E-state index contributed by atoms with van der Waals surface area (Å²) in [5.41, 5.74) is 8.46. The van der Waals surface area contributed by atoms with Crippen LogP contribution in [0.5, 0.6) is 0 Å². The van der Waals surface area contributed by atoms with Crippen LogP contribution in [-0.4, -0.2) is 22.2 Å². The maximum Gasteiger partial charge on any atom is 0.218 e. The second-order valence-electron chi connectivity index (χ2n) is 4.10. The highest BCUT2D eigenvalue weighted by Crippen LogP contribution is 2.20. The summed E-state index contributed by atoms with van der Waals surface area (Å²) >= 11 is 0. The highest BCUT2D eigenvalue weighted by Gasteiger charge is 2.15. The van der Waals surface area contributed by atoms with Gasteiger partial charge in [0, 0.05) is 37.3 Å². The number of rotatable bonds is 5. The van der Waals surface area contributed by atoms with Crippen molar-refractivity contribution < 1.29 is 4.79 Å². The molecule has 0 spiro atoms. The quantitative estimate of drug-likeness (QED) is 0.767. The van der Waals surface area contributed by atoms with Gasteiger partial charge in [0.25, 0.3) is 0 Å². The largest absolute Gasteiger partial charge is 0.370 e. The first kappa shape index (κ1) is 12.7. The summed E-state index contributed by atoms with van der Waals surface area (Å²) < 4.78 is 1.87. The molecule has 5 heteroatoms. The number of aryl methyl sites for hydroxylation is 2. The van der Waals surface area contributed by atoms with Crippen molar-refractivity contribution in [2.24, 2.45) is 12.8 Å². The Kier molecular flexibility index (Phi) is 4.06. The van der Waals surface area contributed by atoms with Crippen LogP contribution >= 0.6 is 0 Å². The van der Waals surface area contributed by atoms with Gasteiger partial charge < -0.3 is 11.1 Å². The monoisotopic (exact) mass is 224 g/mol. The molecule has 0 aliphatic rings. The molecule has 5 nitrogen and oxygen atoms in total. The fraction of sp³-hybridized carbons (Fsp3) is 0.636.